The Bertz CT molecular complexity index is 650. The number of nitrogens with zero attached hydrogens (tertiary/aromatic N) is 3. The Kier molecular flexibility index (Phi) is 4.95. The maximum absolute atomic E-state index is 6.07. The molecule has 0 radical (unpaired) electrons. The number of benzene rings is 1. The van der Waals surface area contributed by atoms with Gasteiger partial charge >= 0.3 is 0 Å². The average molecular weight is 343 g/mol. The van der Waals surface area contributed by atoms with E-state index in [1.807, 2.05) is 12.1 Å². The number of halogens is 2. The Morgan fingerprint density at radius 3 is 2.91 bits per heavy atom. The molecule has 1 aliphatic heterocycles. The Hall–Kier alpha value is -1.18. The van der Waals surface area contributed by atoms with E-state index in [9.17, 15) is 0 Å². The van der Waals surface area contributed by atoms with Crippen LogP contribution in [0.1, 0.15) is 23.4 Å². The second-order valence-corrected chi connectivity index (χ2v) is 5.89. The first-order valence-electron chi connectivity index (χ1n) is 6.96. The molecule has 118 valence electrons. The number of nitrogens with two attached hydrogens (primary N) is 1. The summed E-state index contributed by atoms with van der Waals surface area (Å²) in [6.07, 6.45) is -0.0515. The number of aromatic nitrogens is 2. The molecule has 1 aliphatic rings. The van der Waals surface area contributed by atoms with Crippen LogP contribution in [0.3, 0.4) is 0 Å². The van der Waals surface area contributed by atoms with Gasteiger partial charge in [-0.15, -0.1) is 0 Å². The van der Waals surface area contributed by atoms with Gasteiger partial charge in [0.1, 0.15) is 0 Å². The van der Waals surface area contributed by atoms with Crippen molar-refractivity contribution in [3.8, 4) is 0 Å². The molecule has 1 fully saturated rings. The minimum atomic E-state index is -0.0515. The zero-order valence-electron chi connectivity index (χ0n) is 11.8. The molecule has 22 heavy (non-hydrogen) atoms. The highest BCUT2D eigenvalue weighted by atomic mass is 35.5. The van der Waals surface area contributed by atoms with E-state index in [-0.39, 0.29) is 12.6 Å². The van der Waals surface area contributed by atoms with Crippen LogP contribution in [0.5, 0.6) is 0 Å². The van der Waals surface area contributed by atoms with Crippen molar-refractivity contribution in [2.45, 2.75) is 19.2 Å². The lowest BCUT2D eigenvalue weighted by Crippen LogP contribution is -2.38. The predicted octanol–water partition coefficient (Wildman–Crippen LogP) is 2.41. The third kappa shape index (κ3) is 3.59. The summed E-state index contributed by atoms with van der Waals surface area (Å²) in [5, 5.41) is 4.99. The van der Waals surface area contributed by atoms with Crippen LogP contribution in [0, 0.1) is 0 Å². The number of hydrogen-bond donors (Lipinski definition) is 1. The number of rotatable bonds is 4. The van der Waals surface area contributed by atoms with Gasteiger partial charge in [-0.1, -0.05) is 34.4 Å². The lowest BCUT2D eigenvalue weighted by Gasteiger charge is -2.32. The van der Waals surface area contributed by atoms with E-state index in [4.69, 9.17) is 38.2 Å². The maximum Gasteiger partial charge on any atom is 0.240 e. The highest BCUT2D eigenvalue weighted by molar-refractivity contribution is 6.42. The summed E-state index contributed by atoms with van der Waals surface area (Å²) in [5.74, 6) is 1.08. The molecule has 1 aromatic carbocycles. The van der Waals surface area contributed by atoms with Gasteiger partial charge in [0.15, 0.2) is 5.82 Å². The van der Waals surface area contributed by atoms with Crippen molar-refractivity contribution < 1.29 is 9.26 Å². The molecular formula is C14H16Cl2N4O2. The molecule has 3 rings (SSSR count). The van der Waals surface area contributed by atoms with Crippen molar-refractivity contribution in [1.82, 2.24) is 15.0 Å². The molecule has 0 aliphatic carbocycles. The average Bonchev–Trinajstić information content (AvgIpc) is 2.98. The zero-order valence-corrected chi connectivity index (χ0v) is 13.3. The second-order valence-electron chi connectivity index (χ2n) is 5.08. The van der Waals surface area contributed by atoms with Crippen LogP contribution in [-0.4, -0.2) is 34.7 Å². The predicted molar refractivity (Wildman–Crippen MR) is 82.6 cm³/mol. The van der Waals surface area contributed by atoms with E-state index < -0.39 is 0 Å². The molecule has 1 unspecified atom stereocenters. The van der Waals surface area contributed by atoms with Crippen LogP contribution >= 0.6 is 23.2 Å². The van der Waals surface area contributed by atoms with Gasteiger partial charge in [-0.05, 0) is 17.7 Å². The minimum absolute atomic E-state index is 0.0515. The standard InChI is InChI=1S/C14H16Cl2N4O2/c15-10-2-1-9(5-11(10)16)12-7-20(3-4-21-12)8-13-18-14(6-17)22-19-13/h1-2,5,12H,3-4,6-8,17H2. The van der Waals surface area contributed by atoms with Crippen LogP contribution in [-0.2, 0) is 17.8 Å². The molecule has 6 nitrogen and oxygen atoms in total. The fraction of sp³-hybridized carbons (Fsp3) is 0.429. The Labute approximate surface area is 138 Å². The van der Waals surface area contributed by atoms with E-state index in [0.29, 0.717) is 34.9 Å². The topological polar surface area (TPSA) is 77.4 Å². The molecule has 1 aromatic heterocycles. The fourth-order valence-corrected chi connectivity index (χ4v) is 2.70. The molecule has 8 heteroatoms. The summed E-state index contributed by atoms with van der Waals surface area (Å²) < 4.78 is 10.8. The van der Waals surface area contributed by atoms with E-state index in [1.165, 1.54) is 0 Å². The van der Waals surface area contributed by atoms with E-state index in [2.05, 4.69) is 15.0 Å². The Balaban J connectivity index is 1.67. The molecule has 0 bridgehead atoms. The molecule has 2 N–H and O–H groups in total. The molecule has 2 aromatic rings. The van der Waals surface area contributed by atoms with Gasteiger partial charge in [-0.2, -0.15) is 4.98 Å². The summed E-state index contributed by atoms with van der Waals surface area (Å²) in [7, 11) is 0. The van der Waals surface area contributed by atoms with Crippen molar-refractivity contribution >= 4 is 23.2 Å². The molecule has 0 amide bonds. The molecule has 0 spiro atoms. The summed E-state index contributed by atoms with van der Waals surface area (Å²) >= 11 is 12.0. The van der Waals surface area contributed by atoms with E-state index >= 15 is 0 Å². The largest absolute Gasteiger partial charge is 0.371 e. The van der Waals surface area contributed by atoms with Crippen molar-refractivity contribution in [2.24, 2.45) is 5.73 Å². The lowest BCUT2D eigenvalue weighted by atomic mass is 10.1. The van der Waals surface area contributed by atoms with Gasteiger partial charge in [0.25, 0.3) is 0 Å². The SMILES string of the molecule is NCc1nc(CN2CCOC(c3ccc(Cl)c(Cl)c3)C2)no1. The van der Waals surface area contributed by atoms with Crippen LogP contribution < -0.4 is 5.73 Å². The van der Waals surface area contributed by atoms with Crippen LogP contribution in [0.2, 0.25) is 10.0 Å². The van der Waals surface area contributed by atoms with Crippen LogP contribution in [0.25, 0.3) is 0 Å². The molecule has 1 atom stereocenters. The summed E-state index contributed by atoms with van der Waals surface area (Å²) in [5.41, 5.74) is 6.48. The Morgan fingerprint density at radius 1 is 1.32 bits per heavy atom. The summed E-state index contributed by atoms with van der Waals surface area (Å²) in [6.45, 7) is 3.02. The van der Waals surface area contributed by atoms with Crippen LogP contribution in [0.15, 0.2) is 22.7 Å². The van der Waals surface area contributed by atoms with E-state index in [1.54, 1.807) is 6.07 Å². The lowest BCUT2D eigenvalue weighted by molar-refractivity contribution is -0.0338. The normalized spacial score (nSPS) is 19.5. The van der Waals surface area contributed by atoms with Gasteiger partial charge in [0.05, 0.1) is 35.8 Å². The van der Waals surface area contributed by atoms with Gasteiger partial charge < -0.3 is 15.0 Å². The third-order valence-corrected chi connectivity index (χ3v) is 4.25. The third-order valence-electron chi connectivity index (χ3n) is 3.52. The monoisotopic (exact) mass is 342 g/mol. The van der Waals surface area contributed by atoms with Crippen molar-refractivity contribution in [1.29, 1.82) is 0 Å². The first-order valence-corrected chi connectivity index (χ1v) is 7.71. The van der Waals surface area contributed by atoms with Crippen molar-refractivity contribution in [3.05, 3.63) is 45.5 Å². The van der Waals surface area contributed by atoms with Crippen molar-refractivity contribution in [2.75, 3.05) is 19.7 Å². The minimum Gasteiger partial charge on any atom is -0.371 e. The Morgan fingerprint density at radius 2 is 2.18 bits per heavy atom. The van der Waals surface area contributed by atoms with Gasteiger partial charge in [-0.3, -0.25) is 4.90 Å². The molecule has 1 saturated heterocycles. The summed E-state index contributed by atoms with van der Waals surface area (Å²) in [6, 6.07) is 5.57. The quantitative estimate of drug-likeness (QED) is 0.919. The second kappa shape index (κ2) is 6.93. The van der Waals surface area contributed by atoms with Gasteiger partial charge in [-0.25, -0.2) is 0 Å². The van der Waals surface area contributed by atoms with Crippen molar-refractivity contribution in [3.63, 3.8) is 0 Å². The smallest absolute Gasteiger partial charge is 0.240 e. The maximum atomic E-state index is 6.07. The molecular weight excluding hydrogens is 327 g/mol. The number of morpholine rings is 1. The number of hydrogen-bond acceptors (Lipinski definition) is 6. The first-order chi connectivity index (χ1) is 10.7. The zero-order chi connectivity index (χ0) is 15.5. The number of ether oxygens (including phenoxy) is 1. The highest BCUT2D eigenvalue weighted by Gasteiger charge is 2.23. The van der Waals surface area contributed by atoms with Gasteiger partial charge in [0, 0.05) is 13.1 Å². The summed E-state index contributed by atoms with van der Waals surface area (Å²) in [4.78, 5) is 6.43. The van der Waals surface area contributed by atoms with E-state index in [0.717, 1.165) is 18.7 Å². The molecule has 0 saturated carbocycles. The molecule has 2 heterocycles. The van der Waals surface area contributed by atoms with Gasteiger partial charge in [0.2, 0.25) is 5.89 Å². The fourth-order valence-electron chi connectivity index (χ4n) is 2.40. The highest BCUT2D eigenvalue weighted by Crippen LogP contribution is 2.29. The first kappa shape index (κ1) is 15.7. The van der Waals surface area contributed by atoms with Crippen LogP contribution in [0.4, 0.5) is 0 Å².